The van der Waals surface area contributed by atoms with Crippen molar-refractivity contribution in [1.29, 1.82) is 0 Å². The number of hydrogen-bond acceptors (Lipinski definition) is 2. The third-order valence-electron chi connectivity index (χ3n) is 4.09. The summed E-state index contributed by atoms with van der Waals surface area (Å²) in [5.41, 5.74) is 1.13. The molecule has 4 nitrogen and oxygen atoms in total. The van der Waals surface area contributed by atoms with E-state index in [9.17, 15) is 4.79 Å². The number of rotatable bonds is 0. The first-order valence-electron chi connectivity index (χ1n) is 6.43. The number of fused-ring (bicyclic) bond motifs is 1. The number of aryl methyl sites for hydroxylation is 1. The Labute approximate surface area is 106 Å². The fourth-order valence-electron chi connectivity index (χ4n) is 2.91. The summed E-state index contributed by atoms with van der Waals surface area (Å²) >= 11 is 0. The Balaban J connectivity index is 1.74. The van der Waals surface area contributed by atoms with Crippen LogP contribution in [0, 0.1) is 0 Å². The van der Waals surface area contributed by atoms with Gasteiger partial charge in [0.25, 0.3) is 0 Å². The van der Waals surface area contributed by atoms with Crippen molar-refractivity contribution >= 4 is 6.09 Å². The third-order valence-corrected chi connectivity index (χ3v) is 4.09. The minimum absolute atomic E-state index is 0.139. The second-order valence-electron chi connectivity index (χ2n) is 5.16. The van der Waals surface area contributed by atoms with E-state index in [0.717, 1.165) is 31.4 Å². The van der Waals surface area contributed by atoms with Gasteiger partial charge in [-0.05, 0) is 24.5 Å². The lowest BCUT2D eigenvalue weighted by molar-refractivity contribution is -0.0104. The summed E-state index contributed by atoms with van der Waals surface area (Å²) in [7, 11) is 0. The number of nitrogens with zero attached hydrogens (tertiary/aromatic N) is 1. The second kappa shape index (κ2) is 4.19. The van der Waals surface area contributed by atoms with Crippen molar-refractivity contribution in [2.45, 2.75) is 31.3 Å². The molecule has 0 aromatic heterocycles. The van der Waals surface area contributed by atoms with Crippen LogP contribution in [-0.2, 0) is 6.42 Å². The summed E-state index contributed by atoms with van der Waals surface area (Å²) in [6, 6.07) is 8.14. The van der Waals surface area contributed by atoms with Crippen LogP contribution in [0.15, 0.2) is 24.3 Å². The molecule has 1 N–H and O–H groups in total. The Bertz CT molecular complexity index is 464. The summed E-state index contributed by atoms with van der Waals surface area (Å²) in [6.07, 6.45) is 2.81. The number of carboxylic acid groups (broad SMARTS) is 1. The number of benzene rings is 1. The summed E-state index contributed by atoms with van der Waals surface area (Å²) in [5.74, 6) is 0.979. The van der Waals surface area contributed by atoms with E-state index in [1.165, 1.54) is 10.5 Å². The molecule has 1 aromatic rings. The molecule has 1 fully saturated rings. The molecule has 0 saturated carbocycles. The smallest absolute Gasteiger partial charge is 0.407 e. The van der Waals surface area contributed by atoms with Gasteiger partial charge in [-0.1, -0.05) is 18.2 Å². The van der Waals surface area contributed by atoms with Gasteiger partial charge in [0.05, 0.1) is 0 Å². The van der Waals surface area contributed by atoms with Crippen molar-refractivity contribution in [3.63, 3.8) is 0 Å². The minimum Gasteiger partial charge on any atom is -0.487 e. The molecule has 4 heteroatoms. The van der Waals surface area contributed by atoms with Gasteiger partial charge < -0.3 is 14.7 Å². The second-order valence-corrected chi connectivity index (χ2v) is 5.16. The average molecular weight is 247 g/mol. The molecular weight excluding hydrogens is 230 g/mol. The van der Waals surface area contributed by atoms with Gasteiger partial charge in [-0.15, -0.1) is 0 Å². The molecule has 2 heterocycles. The first-order valence-corrected chi connectivity index (χ1v) is 6.43. The summed E-state index contributed by atoms with van der Waals surface area (Å²) in [5, 5.41) is 8.97. The Kier molecular flexibility index (Phi) is 2.65. The zero-order chi connectivity index (χ0) is 12.6. The SMILES string of the molecule is O=C(O)N1CCC2(CCc3ccccc3O2)CC1. The highest BCUT2D eigenvalue weighted by Crippen LogP contribution is 2.39. The fourth-order valence-corrected chi connectivity index (χ4v) is 2.91. The van der Waals surface area contributed by atoms with Crippen LogP contribution < -0.4 is 4.74 Å². The zero-order valence-electron chi connectivity index (χ0n) is 10.3. The van der Waals surface area contributed by atoms with Crippen molar-refractivity contribution in [2.24, 2.45) is 0 Å². The maximum atomic E-state index is 10.9. The molecule has 0 atom stereocenters. The van der Waals surface area contributed by atoms with Crippen LogP contribution in [0.3, 0.4) is 0 Å². The van der Waals surface area contributed by atoms with E-state index in [2.05, 4.69) is 6.07 Å². The zero-order valence-corrected chi connectivity index (χ0v) is 10.3. The van der Waals surface area contributed by atoms with Crippen molar-refractivity contribution in [2.75, 3.05) is 13.1 Å². The number of piperidine rings is 1. The fraction of sp³-hybridized carbons (Fsp3) is 0.500. The highest BCUT2D eigenvalue weighted by Gasteiger charge is 2.40. The summed E-state index contributed by atoms with van der Waals surface area (Å²) in [6.45, 7) is 1.16. The van der Waals surface area contributed by atoms with Gasteiger partial charge >= 0.3 is 6.09 Å². The number of likely N-dealkylation sites (tertiary alicyclic amines) is 1. The van der Waals surface area contributed by atoms with Crippen LogP contribution in [0.25, 0.3) is 0 Å². The minimum atomic E-state index is -0.818. The van der Waals surface area contributed by atoms with E-state index in [-0.39, 0.29) is 5.60 Å². The van der Waals surface area contributed by atoms with E-state index >= 15 is 0 Å². The number of amides is 1. The van der Waals surface area contributed by atoms with Gasteiger partial charge in [-0.25, -0.2) is 4.79 Å². The molecule has 1 saturated heterocycles. The predicted molar refractivity (Wildman–Crippen MR) is 67.0 cm³/mol. The van der Waals surface area contributed by atoms with Gasteiger partial charge in [0.1, 0.15) is 11.4 Å². The van der Waals surface area contributed by atoms with E-state index in [0.29, 0.717) is 13.1 Å². The average Bonchev–Trinajstić information content (AvgIpc) is 2.39. The Hall–Kier alpha value is -1.71. The largest absolute Gasteiger partial charge is 0.487 e. The molecule has 1 amide bonds. The molecule has 96 valence electrons. The lowest BCUT2D eigenvalue weighted by atomic mass is 9.83. The van der Waals surface area contributed by atoms with Gasteiger partial charge in [-0.2, -0.15) is 0 Å². The lowest BCUT2D eigenvalue weighted by Gasteiger charge is -2.43. The summed E-state index contributed by atoms with van der Waals surface area (Å²) < 4.78 is 6.17. The maximum absolute atomic E-state index is 10.9. The quantitative estimate of drug-likeness (QED) is 0.766. The third kappa shape index (κ3) is 1.92. The highest BCUT2D eigenvalue weighted by molar-refractivity contribution is 5.65. The first kappa shape index (κ1) is 11.4. The predicted octanol–water partition coefficient (Wildman–Crippen LogP) is 2.52. The molecule has 1 aromatic carbocycles. The number of para-hydroxylation sites is 1. The number of hydrogen-bond donors (Lipinski definition) is 1. The maximum Gasteiger partial charge on any atom is 0.407 e. The van der Waals surface area contributed by atoms with Crippen molar-refractivity contribution < 1.29 is 14.6 Å². The van der Waals surface area contributed by atoms with E-state index in [1.807, 2.05) is 18.2 Å². The normalized spacial score (nSPS) is 21.2. The van der Waals surface area contributed by atoms with Gasteiger partial charge in [0.2, 0.25) is 0 Å². The van der Waals surface area contributed by atoms with Crippen molar-refractivity contribution in [3.8, 4) is 5.75 Å². The number of ether oxygens (including phenoxy) is 1. The lowest BCUT2D eigenvalue weighted by Crippen LogP contribution is -2.50. The molecule has 0 aliphatic carbocycles. The van der Waals surface area contributed by atoms with Crippen LogP contribution in [-0.4, -0.2) is 34.8 Å². The molecule has 0 unspecified atom stereocenters. The van der Waals surface area contributed by atoms with E-state index in [1.54, 1.807) is 0 Å². The number of carbonyl (C=O) groups is 1. The standard InChI is InChI=1S/C14H17NO3/c16-13(17)15-9-7-14(8-10-15)6-5-11-3-1-2-4-12(11)18-14/h1-4H,5-10H2,(H,16,17). The molecule has 18 heavy (non-hydrogen) atoms. The van der Waals surface area contributed by atoms with Crippen LogP contribution in [0.4, 0.5) is 4.79 Å². The molecule has 2 aliphatic rings. The van der Waals surface area contributed by atoms with Gasteiger partial charge in [0.15, 0.2) is 0 Å². The summed E-state index contributed by atoms with van der Waals surface area (Å²) in [4.78, 5) is 12.4. The molecule has 2 aliphatic heterocycles. The van der Waals surface area contributed by atoms with Crippen molar-refractivity contribution in [3.05, 3.63) is 29.8 Å². The Morgan fingerprint density at radius 2 is 1.94 bits per heavy atom. The van der Waals surface area contributed by atoms with E-state index < -0.39 is 6.09 Å². The topological polar surface area (TPSA) is 49.8 Å². The van der Waals surface area contributed by atoms with Crippen LogP contribution in [0.2, 0.25) is 0 Å². The van der Waals surface area contributed by atoms with Gasteiger partial charge in [-0.3, -0.25) is 0 Å². The van der Waals surface area contributed by atoms with Crippen LogP contribution >= 0.6 is 0 Å². The van der Waals surface area contributed by atoms with Crippen LogP contribution in [0.1, 0.15) is 24.8 Å². The van der Waals surface area contributed by atoms with Gasteiger partial charge in [0, 0.05) is 25.9 Å². The van der Waals surface area contributed by atoms with Crippen LogP contribution in [0.5, 0.6) is 5.75 Å². The molecule has 1 spiro atoms. The molecular formula is C14H17NO3. The Morgan fingerprint density at radius 1 is 1.22 bits per heavy atom. The molecule has 0 bridgehead atoms. The molecule has 3 rings (SSSR count). The monoisotopic (exact) mass is 247 g/mol. The molecule has 0 radical (unpaired) electrons. The van der Waals surface area contributed by atoms with Crippen molar-refractivity contribution in [1.82, 2.24) is 4.90 Å². The highest BCUT2D eigenvalue weighted by atomic mass is 16.5. The van der Waals surface area contributed by atoms with E-state index in [4.69, 9.17) is 9.84 Å². The first-order chi connectivity index (χ1) is 8.69. The Morgan fingerprint density at radius 3 is 2.67 bits per heavy atom.